The molecule has 0 amide bonds. The Kier molecular flexibility index (Phi) is 11.6. The van der Waals surface area contributed by atoms with Gasteiger partial charge in [-0.3, -0.25) is 0 Å². The van der Waals surface area contributed by atoms with Crippen molar-refractivity contribution in [2.75, 3.05) is 26.4 Å². The van der Waals surface area contributed by atoms with Crippen LogP contribution in [-0.4, -0.2) is 203 Å². The van der Waals surface area contributed by atoms with Crippen molar-refractivity contribution in [1.82, 2.24) is 0 Å². The smallest absolute Gasteiger partial charge is 0.211 e. The fourth-order valence-corrected chi connectivity index (χ4v) is 6.40. The molecule has 20 heteroatoms. The fraction of sp³-hybridized carbons (Fsp3) is 0.852. The molecule has 0 aromatic rings. The maximum absolute atomic E-state index is 11.3. The standard InChI is InChI=1S/C27H42O20/c28-4-8-3-12(32)27(1-2-41-23(13(8)27)46-25-20(39)18(37)15(34)10(6-30)43-25)47-26-21(40)22(16(35)11(7-31)44-26)45-24-19(38)17(36)14(33)9(5-29)42-24/h1-3,9-26,28-40H,4-7H2. The number of rotatable bonds is 10. The molecule has 270 valence electrons. The van der Waals surface area contributed by atoms with Gasteiger partial charge < -0.3 is 99.5 Å². The third-order valence-electron chi connectivity index (χ3n) is 9.11. The topological polar surface area (TPSA) is 328 Å². The highest BCUT2D eigenvalue weighted by molar-refractivity contribution is 5.34. The van der Waals surface area contributed by atoms with Gasteiger partial charge in [0.05, 0.1) is 38.6 Å². The SMILES string of the molecule is OCC1=CC(O)C2(OC3OC(CO)C(O)C(OC4OC(CO)C(O)C(O)C4O)C3O)C=COC(OC3OC(CO)C(O)C(O)C3O)C12. The van der Waals surface area contributed by atoms with Crippen molar-refractivity contribution in [1.29, 1.82) is 0 Å². The average Bonchev–Trinajstić information content (AvgIpc) is 3.35. The van der Waals surface area contributed by atoms with E-state index in [1.807, 2.05) is 0 Å². The molecule has 13 N–H and O–H groups in total. The molecule has 0 aromatic heterocycles. The zero-order valence-electron chi connectivity index (χ0n) is 24.6. The highest BCUT2D eigenvalue weighted by Crippen LogP contribution is 2.48. The molecule has 0 spiro atoms. The molecule has 4 aliphatic heterocycles. The van der Waals surface area contributed by atoms with E-state index in [2.05, 4.69) is 0 Å². The molecule has 0 aromatic carbocycles. The molecule has 1 aliphatic carbocycles. The third-order valence-corrected chi connectivity index (χ3v) is 9.11. The summed E-state index contributed by atoms with van der Waals surface area (Å²) in [6.07, 6.45) is -25.8. The monoisotopic (exact) mass is 686 g/mol. The Morgan fingerprint density at radius 3 is 1.62 bits per heavy atom. The van der Waals surface area contributed by atoms with Crippen molar-refractivity contribution >= 4 is 0 Å². The van der Waals surface area contributed by atoms with E-state index in [9.17, 15) is 66.4 Å². The quantitative estimate of drug-likeness (QED) is 0.0949. The molecule has 47 heavy (non-hydrogen) atoms. The van der Waals surface area contributed by atoms with Gasteiger partial charge >= 0.3 is 0 Å². The Hall–Kier alpha value is -1.48. The first-order valence-corrected chi connectivity index (χ1v) is 14.9. The zero-order valence-corrected chi connectivity index (χ0v) is 24.6. The highest BCUT2D eigenvalue weighted by Gasteiger charge is 2.61. The Morgan fingerprint density at radius 1 is 0.574 bits per heavy atom. The maximum atomic E-state index is 11.3. The largest absolute Gasteiger partial charge is 0.472 e. The first-order chi connectivity index (χ1) is 22.3. The summed E-state index contributed by atoms with van der Waals surface area (Å²) < 4.78 is 39.4. The second-order valence-electron chi connectivity index (χ2n) is 11.9. The van der Waals surface area contributed by atoms with Crippen LogP contribution in [0.3, 0.4) is 0 Å². The van der Waals surface area contributed by atoms with E-state index in [-0.39, 0.29) is 5.57 Å². The van der Waals surface area contributed by atoms with E-state index in [1.165, 1.54) is 12.2 Å². The van der Waals surface area contributed by atoms with Crippen molar-refractivity contribution in [3.8, 4) is 0 Å². The number of fused-ring (bicyclic) bond motifs is 1. The molecule has 4 heterocycles. The lowest BCUT2D eigenvalue weighted by atomic mass is 9.82. The van der Waals surface area contributed by atoms with Crippen LogP contribution in [0.1, 0.15) is 0 Å². The lowest BCUT2D eigenvalue weighted by Crippen LogP contribution is -2.66. The summed E-state index contributed by atoms with van der Waals surface area (Å²) in [4.78, 5) is 0. The van der Waals surface area contributed by atoms with Gasteiger partial charge in [-0.1, -0.05) is 6.08 Å². The van der Waals surface area contributed by atoms with Crippen molar-refractivity contribution in [2.24, 2.45) is 5.92 Å². The van der Waals surface area contributed by atoms with Crippen LogP contribution in [0.15, 0.2) is 24.0 Å². The molecule has 5 rings (SSSR count). The van der Waals surface area contributed by atoms with E-state index in [1.54, 1.807) is 0 Å². The molecule has 3 fully saturated rings. The number of ether oxygens (including phenoxy) is 7. The van der Waals surface area contributed by atoms with Crippen LogP contribution < -0.4 is 0 Å². The van der Waals surface area contributed by atoms with Gasteiger partial charge in [0.2, 0.25) is 6.29 Å². The minimum absolute atomic E-state index is 0.0783. The average molecular weight is 687 g/mol. The summed E-state index contributed by atoms with van der Waals surface area (Å²) in [5.74, 6) is -1.29. The Balaban J connectivity index is 1.40. The fourth-order valence-electron chi connectivity index (χ4n) is 6.40. The number of aliphatic hydroxyl groups excluding tert-OH is 13. The van der Waals surface area contributed by atoms with Gasteiger partial charge in [0.1, 0.15) is 85.0 Å². The molecular weight excluding hydrogens is 644 g/mol. The van der Waals surface area contributed by atoms with Gasteiger partial charge in [-0.25, -0.2) is 0 Å². The minimum Gasteiger partial charge on any atom is -0.472 e. The van der Waals surface area contributed by atoms with Crippen molar-refractivity contribution in [2.45, 2.75) is 110 Å². The van der Waals surface area contributed by atoms with Crippen LogP contribution in [0, 0.1) is 5.92 Å². The number of hydrogen-bond donors (Lipinski definition) is 13. The predicted octanol–water partition coefficient (Wildman–Crippen LogP) is -8.04. The van der Waals surface area contributed by atoms with E-state index in [0.29, 0.717) is 0 Å². The Morgan fingerprint density at radius 2 is 1.09 bits per heavy atom. The van der Waals surface area contributed by atoms with E-state index >= 15 is 0 Å². The second kappa shape index (κ2) is 14.8. The minimum atomic E-state index is -1.99. The molecule has 19 unspecified atom stereocenters. The molecular formula is C27H42O20. The summed E-state index contributed by atoms with van der Waals surface area (Å²) in [6.45, 7) is -3.09. The van der Waals surface area contributed by atoms with E-state index < -0.39 is 142 Å². The second-order valence-corrected chi connectivity index (χ2v) is 11.9. The zero-order chi connectivity index (χ0) is 34.4. The van der Waals surface area contributed by atoms with Gasteiger partial charge in [0.15, 0.2) is 18.9 Å². The predicted molar refractivity (Wildman–Crippen MR) is 144 cm³/mol. The maximum Gasteiger partial charge on any atom is 0.211 e. The molecule has 0 saturated carbocycles. The van der Waals surface area contributed by atoms with Crippen LogP contribution in [-0.2, 0) is 33.2 Å². The summed E-state index contributed by atoms with van der Waals surface area (Å²) >= 11 is 0. The van der Waals surface area contributed by atoms with Gasteiger partial charge in [-0.15, -0.1) is 0 Å². The molecule has 0 radical (unpaired) electrons. The van der Waals surface area contributed by atoms with E-state index in [0.717, 1.165) is 6.26 Å². The molecule has 19 atom stereocenters. The summed E-state index contributed by atoms with van der Waals surface area (Å²) in [7, 11) is 0. The van der Waals surface area contributed by atoms with Crippen molar-refractivity contribution in [3.63, 3.8) is 0 Å². The van der Waals surface area contributed by atoms with Gasteiger partial charge in [-0.2, -0.15) is 0 Å². The summed E-state index contributed by atoms with van der Waals surface area (Å²) in [6, 6.07) is 0. The van der Waals surface area contributed by atoms with Crippen LogP contribution in [0.4, 0.5) is 0 Å². The lowest BCUT2D eigenvalue weighted by molar-refractivity contribution is -0.380. The first-order valence-electron chi connectivity index (χ1n) is 14.9. The molecule has 3 saturated heterocycles. The van der Waals surface area contributed by atoms with Gasteiger partial charge in [-0.05, 0) is 11.6 Å². The summed E-state index contributed by atoms with van der Waals surface area (Å²) in [5, 5.41) is 134. The van der Waals surface area contributed by atoms with Crippen LogP contribution >= 0.6 is 0 Å². The normalized spacial score (nSPS) is 51.7. The number of hydrogen-bond acceptors (Lipinski definition) is 20. The Labute approximate surface area is 266 Å². The van der Waals surface area contributed by atoms with E-state index in [4.69, 9.17) is 33.2 Å². The number of aliphatic hydroxyl groups is 13. The Bertz CT molecular complexity index is 1110. The molecule has 5 aliphatic rings. The van der Waals surface area contributed by atoms with Crippen LogP contribution in [0.2, 0.25) is 0 Å². The van der Waals surface area contributed by atoms with Crippen LogP contribution in [0.5, 0.6) is 0 Å². The first kappa shape index (κ1) is 36.8. The van der Waals surface area contributed by atoms with Crippen LogP contribution in [0.25, 0.3) is 0 Å². The highest BCUT2D eigenvalue weighted by atomic mass is 16.8. The lowest BCUT2D eigenvalue weighted by Gasteiger charge is -2.50. The molecule has 0 bridgehead atoms. The van der Waals surface area contributed by atoms with Crippen molar-refractivity contribution in [3.05, 3.63) is 24.0 Å². The van der Waals surface area contributed by atoms with Crippen molar-refractivity contribution < 1.29 is 99.5 Å². The van der Waals surface area contributed by atoms with Gasteiger partial charge in [0, 0.05) is 0 Å². The molecule has 20 nitrogen and oxygen atoms in total. The summed E-state index contributed by atoms with van der Waals surface area (Å²) in [5.41, 5.74) is -1.91. The van der Waals surface area contributed by atoms with Gasteiger partial charge in [0.25, 0.3) is 0 Å². The third kappa shape index (κ3) is 6.59.